The monoisotopic (exact) mass is 467 g/mol. The normalized spacial score (nSPS) is 14.0. The SMILES string of the molecule is O=C(CSc1ccccc1)C(Sc1ccccc1)C(C[N+](=O)[O-])c1ccc2c(c1)OCO2. The molecule has 6 nitrogen and oxygen atoms in total. The summed E-state index contributed by atoms with van der Waals surface area (Å²) in [5.41, 5.74) is 0.692. The Kier molecular flexibility index (Phi) is 7.34. The minimum atomic E-state index is -0.626. The Bertz CT molecular complexity index is 1080. The predicted octanol–water partition coefficient (Wildman–Crippen LogP) is 5.30. The first-order valence-electron chi connectivity index (χ1n) is 10.0. The van der Waals surface area contributed by atoms with Gasteiger partial charge in [0.25, 0.3) is 0 Å². The van der Waals surface area contributed by atoms with E-state index < -0.39 is 11.2 Å². The number of hydrogen-bond donors (Lipinski definition) is 0. The summed E-state index contributed by atoms with van der Waals surface area (Å²) in [6.07, 6.45) is 0. The van der Waals surface area contributed by atoms with Crippen molar-refractivity contribution in [1.82, 2.24) is 0 Å². The van der Waals surface area contributed by atoms with Crippen LogP contribution in [0.15, 0.2) is 88.7 Å². The molecule has 164 valence electrons. The molecular weight excluding hydrogens is 446 g/mol. The first kappa shape index (κ1) is 22.2. The van der Waals surface area contributed by atoms with Crippen LogP contribution in [0.3, 0.4) is 0 Å². The van der Waals surface area contributed by atoms with Crippen molar-refractivity contribution in [3.8, 4) is 11.5 Å². The Balaban J connectivity index is 1.64. The molecule has 0 bridgehead atoms. The molecule has 8 heteroatoms. The van der Waals surface area contributed by atoms with Crippen molar-refractivity contribution >= 4 is 29.3 Å². The second-order valence-corrected chi connectivity index (χ2v) is 9.42. The number of nitrogens with zero attached hydrogens (tertiary/aromatic N) is 1. The highest BCUT2D eigenvalue weighted by Crippen LogP contribution is 2.40. The number of fused-ring (bicyclic) bond motifs is 1. The van der Waals surface area contributed by atoms with Gasteiger partial charge in [-0.25, -0.2) is 0 Å². The van der Waals surface area contributed by atoms with E-state index in [1.165, 1.54) is 23.5 Å². The smallest absolute Gasteiger partial charge is 0.231 e. The lowest BCUT2D eigenvalue weighted by molar-refractivity contribution is -0.483. The van der Waals surface area contributed by atoms with Crippen LogP contribution in [0.5, 0.6) is 11.5 Å². The van der Waals surface area contributed by atoms with E-state index in [2.05, 4.69) is 0 Å². The fourth-order valence-electron chi connectivity index (χ4n) is 3.45. The molecule has 0 N–H and O–H groups in total. The molecule has 0 saturated heterocycles. The number of ketones is 1. The predicted molar refractivity (Wildman–Crippen MR) is 125 cm³/mol. The second kappa shape index (κ2) is 10.6. The highest BCUT2D eigenvalue weighted by atomic mass is 32.2. The van der Waals surface area contributed by atoms with Crippen LogP contribution in [0.4, 0.5) is 0 Å². The molecule has 1 aliphatic rings. The number of ether oxygens (including phenoxy) is 2. The first-order valence-corrected chi connectivity index (χ1v) is 11.9. The molecule has 4 rings (SSSR count). The maximum Gasteiger partial charge on any atom is 0.231 e. The molecule has 32 heavy (non-hydrogen) atoms. The minimum absolute atomic E-state index is 0.0442. The lowest BCUT2D eigenvalue weighted by Crippen LogP contribution is -2.31. The minimum Gasteiger partial charge on any atom is -0.454 e. The molecule has 3 aromatic rings. The molecule has 2 atom stereocenters. The molecule has 2 unspecified atom stereocenters. The number of Topliss-reactive ketones (excluding diaryl/α,β-unsaturated/α-hetero) is 1. The number of carbonyl (C=O) groups excluding carboxylic acids is 1. The van der Waals surface area contributed by atoms with Crippen LogP contribution in [-0.2, 0) is 4.79 Å². The molecular formula is C24H21NO5S2. The number of nitro groups is 1. The van der Waals surface area contributed by atoms with E-state index in [1.54, 1.807) is 18.2 Å². The molecule has 1 heterocycles. The fraction of sp³-hybridized carbons (Fsp3) is 0.208. The van der Waals surface area contributed by atoms with E-state index in [9.17, 15) is 14.9 Å². The maximum atomic E-state index is 13.4. The molecule has 1 aliphatic heterocycles. The van der Waals surface area contributed by atoms with Gasteiger partial charge in [-0.05, 0) is 42.0 Å². The van der Waals surface area contributed by atoms with Crippen LogP contribution in [0, 0.1) is 10.1 Å². The van der Waals surface area contributed by atoms with Gasteiger partial charge >= 0.3 is 0 Å². The second-order valence-electron chi connectivity index (χ2n) is 7.15. The zero-order chi connectivity index (χ0) is 22.3. The van der Waals surface area contributed by atoms with Crippen molar-refractivity contribution in [2.45, 2.75) is 21.0 Å². The van der Waals surface area contributed by atoms with E-state index in [4.69, 9.17) is 9.47 Å². The molecule has 3 aromatic carbocycles. The molecule has 0 fully saturated rings. The number of thioether (sulfide) groups is 2. The van der Waals surface area contributed by atoms with E-state index in [0.29, 0.717) is 17.1 Å². The van der Waals surface area contributed by atoms with Gasteiger partial charge < -0.3 is 9.47 Å². The highest BCUT2D eigenvalue weighted by Gasteiger charge is 2.35. The average Bonchev–Trinajstić information content (AvgIpc) is 3.29. The van der Waals surface area contributed by atoms with Gasteiger partial charge in [0.05, 0.1) is 16.9 Å². The van der Waals surface area contributed by atoms with Gasteiger partial charge in [-0.15, -0.1) is 23.5 Å². The third-order valence-electron chi connectivity index (χ3n) is 4.98. The standard InChI is InChI=1S/C24H21NO5S2/c26-21(15-31-18-7-3-1-4-8-18)24(32-19-9-5-2-6-10-19)20(14-25(27)28)17-11-12-22-23(13-17)30-16-29-22/h1-13,20,24H,14-16H2. The van der Waals surface area contributed by atoms with Crippen molar-refractivity contribution in [3.05, 3.63) is 94.5 Å². The summed E-state index contributed by atoms with van der Waals surface area (Å²) >= 11 is 2.81. The lowest BCUT2D eigenvalue weighted by Gasteiger charge is -2.24. The van der Waals surface area contributed by atoms with Gasteiger partial charge in [0, 0.05) is 14.7 Å². The van der Waals surface area contributed by atoms with E-state index >= 15 is 0 Å². The largest absolute Gasteiger partial charge is 0.454 e. The van der Waals surface area contributed by atoms with E-state index in [-0.39, 0.29) is 29.8 Å². The Morgan fingerprint density at radius 3 is 2.28 bits per heavy atom. The number of carbonyl (C=O) groups is 1. The molecule has 0 aromatic heterocycles. The fourth-order valence-corrected chi connectivity index (χ4v) is 5.62. The Hall–Kier alpha value is -2.97. The third-order valence-corrected chi connectivity index (χ3v) is 7.41. The lowest BCUT2D eigenvalue weighted by atomic mass is 9.93. The highest BCUT2D eigenvalue weighted by molar-refractivity contribution is 8.02. The van der Waals surface area contributed by atoms with E-state index in [0.717, 1.165) is 9.79 Å². The summed E-state index contributed by atoms with van der Waals surface area (Å²) in [6, 6.07) is 24.5. The summed E-state index contributed by atoms with van der Waals surface area (Å²) < 4.78 is 10.8. The van der Waals surface area contributed by atoms with Crippen LogP contribution in [0.25, 0.3) is 0 Å². The van der Waals surface area contributed by atoms with Gasteiger partial charge in [0.2, 0.25) is 13.3 Å². The topological polar surface area (TPSA) is 78.7 Å². The summed E-state index contributed by atoms with van der Waals surface area (Å²) in [7, 11) is 0. The molecule has 0 saturated carbocycles. The van der Waals surface area contributed by atoms with Crippen molar-refractivity contribution in [1.29, 1.82) is 0 Å². The molecule has 0 aliphatic carbocycles. The van der Waals surface area contributed by atoms with Gasteiger partial charge in [0.15, 0.2) is 17.3 Å². The number of hydrogen-bond acceptors (Lipinski definition) is 7. The molecule has 0 spiro atoms. The number of benzene rings is 3. The zero-order valence-corrected chi connectivity index (χ0v) is 18.7. The average molecular weight is 468 g/mol. The summed E-state index contributed by atoms with van der Waals surface area (Å²) in [6.45, 7) is -0.237. The Morgan fingerprint density at radius 2 is 1.59 bits per heavy atom. The third kappa shape index (κ3) is 5.63. The van der Waals surface area contributed by atoms with E-state index in [1.807, 2.05) is 60.7 Å². The van der Waals surface area contributed by atoms with Crippen molar-refractivity contribution in [2.75, 3.05) is 19.1 Å². The zero-order valence-electron chi connectivity index (χ0n) is 17.1. The van der Waals surface area contributed by atoms with Crippen LogP contribution in [-0.4, -0.2) is 35.0 Å². The Labute approximate surface area is 194 Å². The maximum absolute atomic E-state index is 13.4. The quantitative estimate of drug-likeness (QED) is 0.227. The van der Waals surface area contributed by atoms with Crippen LogP contribution in [0.2, 0.25) is 0 Å². The Morgan fingerprint density at radius 1 is 0.938 bits per heavy atom. The van der Waals surface area contributed by atoms with Crippen LogP contribution in [0.1, 0.15) is 11.5 Å². The van der Waals surface area contributed by atoms with Crippen LogP contribution < -0.4 is 9.47 Å². The van der Waals surface area contributed by atoms with Crippen molar-refractivity contribution in [3.63, 3.8) is 0 Å². The number of rotatable bonds is 10. The molecule has 0 radical (unpaired) electrons. The van der Waals surface area contributed by atoms with Crippen molar-refractivity contribution < 1.29 is 19.2 Å². The summed E-state index contributed by atoms with van der Waals surface area (Å²) in [5.74, 6) is 0.718. The molecule has 0 amide bonds. The van der Waals surface area contributed by atoms with Gasteiger partial charge in [-0.3, -0.25) is 14.9 Å². The van der Waals surface area contributed by atoms with Gasteiger partial charge in [0.1, 0.15) is 0 Å². The van der Waals surface area contributed by atoms with Crippen molar-refractivity contribution in [2.24, 2.45) is 0 Å². The van der Waals surface area contributed by atoms with Crippen LogP contribution >= 0.6 is 23.5 Å². The van der Waals surface area contributed by atoms with Gasteiger partial charge in [-0.2, -0.15) is 0 Å². The summed E-state index contributed by atoms with van der Waals surface area (Å²) in [5, 5.41) is 11.0. The first-order chi connectivity index (χ1) is 15.6. The summed E-state index contributed by atoms with van der Waals surface area (Å²) in [4.78, 5) is 26.6. The van der Waals surface area contributed by atoms with Gasteiger partial charge in [-0.1, -0.05) is 42.5 Å².